The van der Waals surface area contributed by atoms with Crippen LogP contribution in [-0.4, -0.2) is 19.7 Å². The van der Waals surface area contributed by atoms with Crippen LogP contribution in [0.25, 0.3) is 5.82 Å². The quantitative estimate of drug-likeness (QED) is 0.690. The highest BCUT2D eigenvalue weighted by Gasteiger charge is 2.04. The maximum absolute atomic E-state index is 4.28. The van der Waals surface area contributed by atoms with Crippen molar-refractivity contribution in [3.63, 3.8) is 0 Å². The third-order valence-electron chi connectivity index (χ3n) is 3.17. The van der Waals surface area contributed by atoms with Gasteiger partial charge in [-0.25, -0.2) is 4.98 Å². The molecule has 0 amide bonds. The topological polar surface area (TPSA) is 43.6 Å². The van der Waals surface area contributed by atoms with Crippen molar-refractivity contribution in [2.24, 2.45) is 0 Å². The summed E-state index contributed by atoms with van der Waals surface area (Å²) < 4.78 is 1.92. The number of nitrogens with zero attached hydrogens (tertiary/aromatic N) is 4. The highest BCUT2D eigenvalue weighted by molar-refractivity contribution is 7.98. The zero-order chi connectivity index (χ0) is 14.7. The lowest BCUT2D eigenvalue weighted by molar-refractivity contribution is 0.841. The lowest BCUT2D eigenvalue weighted by Gasteiger charge is -2.05. The van der Waals surface area contributed by atoms with E-state index in [0.29, 0.717) is 0 Å². The molecule has 106 valence electrons. The molecule has 2 aromatic heterocycles. The van der Waals surface area contributed by atoms with Crippen LogP contribution in [0.3, 0.4) is 0 Å². The summed E-state index contributed by atoms with van der Waals surface area (Å²) in [5, 5.41) is 9.47. The van der Waals surface area contributed by atoms with Gasteiger partial charge in [-0.3, -0.25) is 4.57 Å². The Morgan fingerprint density at radius 3 is 2.67 bits per heavy atom. The van der Waals surface area contributed by atoms with E-state index in [-0.39, 0.29) is 0 Å². The molecule has 0 fully saturated rings. The van der Waals surface area contributed by atoms with Crippen LogP contribution in [0.5, 0.6) is 0 Å². The van der Waals surface area contributed by atoms with E-state index in [9.17, 15) is 0 Å². The Labute approximate surface area is 128 Å². The fourth-order valence-corrected chi connectivity index (χ4v) is 2.85. The number of hydrogen-bond acceptors (Lipinski definition) is 4. The number of imidazole rings is 1. The first kappa shape index (κ1) is 13.8. The molecule has 1 aromatic carbocycles. The van der Waals surface area contributed by atoms with Gasteiger partial charge in [-0.2, -0.15) is 0 Å². The number of rotatable bonds is 4. The Balaban J connectivity index is 1.69. The van der Waals surface area contributed by atoms with Crippen LogP contribution in [-0.2, 0) is 5.75 Å². The second-order valence-electron chi connectivity index (χ2n) is 4.85. The predicted octanol–water partition coefficient (Wildman–Crippen LogP) is 3.57. The van der Waals surface area contributed by atoms with Gasteiger partial charge >= 0.3 is 0 Å². The molecule has 0 N–H and O–H groups in total. The molecule has 5 heteroatoms. The predicted molar refractivity (Wildman–Crippen MR) is 84.6 cm³/mol. The molecule has 0 aliphatic carbocycles. The summed E-state index contributed by atoms with van der Waals surface area (Å²) in [6.07, 6.45) is 3.65. The number of hydrogen-bond donors (Lipinski definition) is 0. The van der Waals surface area contributed by atoms with Crippen LogP contribution < -0.4 is 0 Å². The van der Waals surface area contributed by atoms with Gasteiger partial charge in [0.2, 0.25) is 0 Å². The average molecular weight is 296 g/mol. The van der Waals surface area contributed by atoms with E-state index in [1.165, 1.54) is 11.1 Å². The van der Waals surface area contributed by atoms with Crippen molar-refractivity contribution in [2.75, 3.05) is 0 Å². The van der Waals surface area contributed by atoms with Crippen LogP contribution in [0.1, 0.15) is 17.0 Å². The van der Waals surface area contributed by atoms with E-state index < -0.39 is 0 Å². The van der Waals surface area contributed by atoms with Crippen LogP contribution in [0, 0.1) is 13.8 Å². The molecule has 21 heavy (non-hydrogen) atoms. The first-order valence-electron chi connectivity index (χ1n) is 6.75. The van der Waals surface area contributed by atoms with E-state index in [2.05, 4.69) is 46.4 Å². The monoisotopic (exact) mass is 296 g/mol. The Hall–Kier alpha value is -2.14. The minimum absolute atomic E-state index is 0.796. The Bertz CT molecular complexity index is 734. The van der Waals surface area contributed by atoms with E-state index in [0.717, 1.165) is 22.4 Å². The maximum atomic E-state index is 4.28. The average Bonchev–Trinajstić information content (AvgIpc) is 2.92. The van der Waals surface area contributed by atoms with Crippen LogP contribution in [0.15, 0.2) is 53.8 Å². The Morgan fingerprint density at radius 2 is 2.00 bits per heavy atom. The minimum Gasteiger partial charge on any atom is -0.287 e. The lowest BCUT2D eigenvalue weighted by Crippen LogP contribution is -2.00. The van der Waals surface area contributed by atoms with Crippen molar-refractivity contribution in [3.05, 3.63) is 65.7 Å². The van der Waals surface area contributed by atoms with Gasteiger partial charge in [-0.15, -0.1) is 10.2 Å². The molecular formula is C16H16N4S. The van der Waals surface area contributed by atoms with E-state index in [1.807, 2.05) is 29.8 Å². The molecule has 3 aromatic rings. The number of thioether (sulfide) groups is 1. The summed E-state index contributed by atoms with van der Waals surface area (Å²) in [4.78, 5) is 4.19. The first-order valence-corrected chi connectivity index (χ1v) is 7.73. The summed E-state index contributed by atoms with van der Waals surface area (Å²) in [7, 11) is 0. The van der Waals surface area contributed by atoms with Crippen LogP contribution in [0.4, 0.5) is 0 Å². The fourth-order valence-electron chi connectivity index (χ4n) is 2.10. The second kappa shape index (κ2) is 6.10. The third kappa shape index (κ3) is 3.31. The van der Waals surface area contributed by atoms with Gasteiger partial charge < -0.3 is 0 Å². The minimum atomic E-state index is 0.796. The molecule has 0 aliphatic rings. The fraction of sp³-hybridized carbons (Fsp3) is 0.188. The first-order chi connectivity index (χ1) is 10.2. The normalized spacial score (nSPS) is 10.8. The molecule has 0 radical (unpaired) electrons. The molecule has 0 saturated carbocycles. The van der Waals surface area contributed by atoms with Crippen molar-refractivity contribution >= 4 is 11.8 Å². The zero-order valence-electron chi connectivity index (χ0n) is 12.0. The molecule has 0 atom stereocenters. The molecular weight excluding hydrogens is 280 g/mol. The van der Waals surface area contributed by atoms with Crippen molar-refractivity contribution in [1.82, 2.24) is 19.7 Å². The number of benzene rings is 1. The highest BCUT2D eigenvalue weighted by Crippen LogP contribution is 2.21. The van der Waals surface area contributed by atoms with Crippen LogP contribution in [0.2, 0.25) is 0 Å². The van der Waals surface area contributed by atoms with Crippen molar-refractivity contribution in [3.8, 4) is 5.82 Å². The summed E-state index contributed by atoms with van der Waals surface area (Å²) >= 11 is 1.69. The van der Waals surface area contributed by atoms with Crippen molar-refractivity contribution in [1.29, 1.82) is 0 Å². The molecule has 4 nitrogen and oxygen atoms in total. The summed E-state index contributed by atoms with van der Waals surface area (Å²) in [5.74, 6) is 2.61. The lowest BCUT2D eigenvalue weighted by atomic mass is 10.2. The van der Waals surface area contributed by atoms with E-state index in [4.69, 9.17) is 0 Å². The van der Waals surface area contributed by atoms with Gasteiger partial charge in [0.15, 0.2) is 5.82 Å². The molecule has 0 spiro atoms. The number of aromatic nitrogens is 4. The van der Waals surface area contributed by atoms with E-state index >= 15 is 0 Å². The molecule has 2 heterocycles. The highest BCUT2D eigenvalue weighted by atomic mass is 32.2. The SMILES string of the molecule is Cc1cccc(CSc2ccc(-n3ccnc3C)nn2)c1. The summed E-state index contributed by atoms with van der Waals surface area (Å²) in [5.41, 5.74) is 2.58. The van der Waals surface area contributed by atoms with E-state index in [1.54, 1.807) is 18.0 Å². The molecule has 0 bridgehead atoms. The van der Waals surface area contributed by atoms with Crippen molar-refractivity contribution < 1.29 is 0 Å². The van der Waals surface area contributed by atoms with Gasteiger partial charge in [0, 0.05) is 18.1 Å². The van der Waals surface area contributed by atoms with Gasteiger partial charge in [-0.1, -0.05) is 41.6 Å². The molecule has 0 aliphatic heterocycles. The maximum Gasteiger partial charge on any atom is 0.160 e. The van der Waals surface area contributed by atoms with Crippen LogP contribution >= 0.6 is 11.8 Å². The smallest absolute Gasteiger partial charge is 0.160 e. The number of aryl methyl sites for hydroxylation is 2. The third-order valence-corrected chi connectivity index (χ3v) is 4.16. The molecule has 0 saturated heterocycles. The standard InChI is InChI=1S/C16H16N4S/c1-12-4-3-5-14(10-12)11-21-16-7-6-15(18-19-16)20-9-8-17-13(20)2/h3-10H,11H2,1-2H3. The molecule has 0 unspecified atom stereocenters. The van der Waals surface area contributed by atoms with Gasteiger partial charge in [0.05, 0.1) is 0 Å². The largest absolute Gasteiger partial charge is 0.287 e. The molecule has 3 rings (SSSR count). The van der Waals surface area contributed by atoms with Crippen molar-refractivity contribution in [2.45, 2.75) is 24.6 Å². The van der Waals surface area contributed by atoms with Gasteiger partial charge in [0.25, 0.3) is 0 Å². The summed E-state index contributed by atoms with van der Waals surface area (Å²) in [6.45, 7) is 4.05. The second-order valence-corrected chi connectivity index (χ2v) is 5.85. The van der Waals surface area contributed by atoms with Gasteiger partial charge in [0.1, 0.15) is 10.9 Å². The van der Waals surface area contributed by atoms with Gasteiger partial charge in [-0.05, 0) is 31.5 Å². The summed E-state index contributed by atoms with van der Waals surface area (Å²) in [6, 6.07) is 12.5. The Kier molecular flexibility index (Phi) is 4.01. The Morgan fingerprint density at radius 1 is 1.10 bits per heavy atom. The zero-order valence-corrected chi connectivity index (χ0v) is 12.8.